The molecular formula is C19H19N5O4S. The molecule has 1 aromatic rings. The van der Waals surface area contributed by atoms with Gasteiger partial charge >= 0.3 is 5.97 Å². The Hall–Kier alpha value is -3.24. The minimum Gasteiger partial charge on any atom is -0.465 e. The third-order valence-corrected chi connectivity index (χ3v) is 5.52. The fourth-order valence-corrected chi connectivity index (χ4v) is 3.70. The minimum absolute atomic E-state index is 0.0244. The minimum atomic E-state index is -2.03. The molecule has 2 heterocycles. The highest BCUT2D eigenvalue weighted by Crippen LogP contribution is 2.26. The van der Waals surface area contributed by atoms with Gasteiger partial charge in [-0.2, -0.15) is 0 Å². The number of nitrogens with zero attached hydrogens (tertiary/aromatic N) is 1. The van der Waals surface area contributed by atoms with Crippen molar-refractivity contribution in [2.24, 2.45) is 4.99 Å². The van der Waals surface area contributed by atoms with Gasteiger partial charge in [0.2, 0.25) is 0 Å². The van der Waals surface area contributed by atoms with Crippen LogP contribution in [-0.4, -0.2) is 39.9 Å². The molecule has 3 atom stereocenters. The number of aliphatic imine (C=N–C) groups is 1. The number of esters is 1. The standard InChI is InChI=1S/C19H19N5O4S/c1-28-19(25)11-4-7-13-14(8-11)24-18(23-13)16-17(20)21-9-15(22-16)10-2-5-12(6-3-10)29(26)27/h2-6,8-9,13,15,20,22-24H,7H2,1H3,(H,26,27). The summed E-state index contributed by atoms with van der Waals surface area (Å²) in [6, 6.07) is 6.34. The maximum absolute atomic E-state index is 11.8. The number of fused-ring (bicyclic) bond motifs is 1. The van der Waals surface area contributed by atoms with Crippen LogP contribution < -0.4 is 16.0 Å². The highest BCUT2D eigenvalue weighted by atomic mass is 32.2. The van der Waals surface area contributed by atoms with Crippen molar-refractivity contribution in [1.82, 2.24) is 16.0 Å². The third kappa shape index (κ3) is 3.71. The fourth-order valence-electron chi connectivity index (χ4n) is 3.33. The summed E-state index contributed by atoms with van der Waals surface area (Å²) in [5.41, 5.74) is 2.66. The molecule has 1 saturated heterocycles. The topological polar surface area (TPSA) is 136 Å². The maximum atomic E-state index is 11.8. The molecule has 4 rings (SSSR count). The number of carbonyl (C=O) groups is 1. The number of rotatable bonds is 3. The van der Waals surface area contributed by atoms with Gasteiger partial charge in [0.15, 0.2) is 16.9 Å². The first-order valence-corrected chi connectivity index (χ1v) is 9.95. The molecule has 0 aromatic heterocycles. The highest BCUT2D eigenvalue weighted by molar-refractivity contribution is 7.79. The number of nitrogens with one attached hydrogen (secondary N) is 4. The summed E-state index contributed by atoms with van der Waals surface area (Å²) in [6.07, 6.45) is 5.78. The van der Waals surface area contributed by atoms with E-state index in [-0.39, 0.29) is 23.9 Å². The molecule has 0 bridgehead atoms. The van der Waals surface area contributed by atoms with Crippen molar-refractivity contribution in [2.75, 3.05) is 7.11 Å². The number of benzene rings is 1. The van der Waals surface area contributed by atoms with Gasteiger partial charge in [-0.3, -0.25) is 5.41 Å². The van der Waals surface area contributed by atoms with Crippen molar-refractivity contribution >= 4 is 29.1 Å². The summed E-state index contributed by atoms with van der Waals surface area (Å²) in [5, 5.41) is 18.0. The van der Waals surface area contributed by atoms with Crippen molar-refractivity contribution in [3.8, 4) is 0 Å². The van der Waals surface area contributed by atoms with Gasteiger partial charge < -0.3 is 25.2 Å². The Kier molecular flexibility index (Phi) is 5.03. The molecule has 10 heteroatoms. The van der Waals surface area contributed by atoms with Crippen LogP contribution in [0.2, 0.25) is 0 Å². The van der Waals surface area contributed by atoms with Crippen LogP contribution in [-0.2, 0) is 20.6 Å². The van der Waals surface area contributed by atoms with E-state index in [2.05, 4.69) is 20.9 Å². The Morgan fingerprint density at radius 2 is 2.07 bits per heavy atom. The average molecular weight is 413 g/mol. The quantitative estimate of drug-likeness (QED) is 0.369. The number of ether oxygens (including phenoxy) is 1. The highest BCUT2D eigenvalue weighted by Gasteiger charge is 2.31. The van der Waals surface area contributed by atoms with Crippen LogP contribution >= 0.6 is 0 Å². The molecule has 0 amide bonds. The smallest absolute Gasteiger partial charge is 0.337 e. The summed E-state index contributed by atoms with van der Waals surface area (Å²) in [6.45, 7) is 0. The predicted molar refractivity (Wildman–Crippen MR) is 107 cm³/mol. The maximum Gasteiger partial charge on any atom is 0.337 e. The first kappa shape index (κ1) is 19.1. The summed E-state index contributed by atoms with van der Waals surface area (Å²) < 4.78 is 25.1. The summed E-state index contributed by atoms with van der Waals surface area (Å²) in [7, 11) is 1.34. The molecule has 1 fully saturated rings. The lowest BCUT2D eigenvalue weighted by Crippen LogP contribution is -2.35. The van der Waals surface area contributed by atoms with Gasteiger partial charge in [-0.25, -0.2) is 14.0 Å². The number of carbonyl (C=O) groups excluding carboxylic acids is 1. The van der Waals surface area contributed by atoms with Gasteiger partial charge in [-0.15, -0.1) is 0 Å². The summed E-state index contributed by atoms with van der Waals surface area (Å²) >= 11 is -2.03. The molecule has 1 aromatic carbocycles. The third-order valence-electron chi connectivity index (χ3n) is 4.85. The van der Waals surface area contributed by atoms with Gasteiger partial charge in [0.05, 0.1) is 29.7 Å². The molecule has 29 heavy (non-hydrogen) atoms. The Bertz CT molecular complexity index is 1030. The van der Waals surface area contributed by atoms with E-state index < -0.39 is 11.1 Å². The van der Waals surface area contributed by atoms with Crippen LogP contribution in [0.15, 0.2) is 69.1 Å². The van der Waals surface area contributed by atoms with Gasteiger partial charge in [-0.1, -0.05) is 18.2 Å². The van der Waals surface area contributed by atoms with Crippen LogP contribution in [0.3, 0.4) is 0 Å². The second-order valence-electron chi connectivity index (χ2n) is 6.63. The van der Waals surface area contributed by atoms with E-state index in [1.54, 1.807) is 36.6 Å². The molecule has 2 aliphatic heterocycles. The van der Waals surface area contributed by atoms with E-state index in [9.17, 15) is 9.00 Å². The van der Waals surface area contributed by atoms with Gasteiger partial charge in [0.1, 0.15) is 11.5 Å². The van der Waals surface area contributed by atoms with E-state index in [1.165, 1.54) is 7.11 Å². The number of hydrogen-bond acceptors (Lipinski definition) is 7. The molecule has 3 unspecified atom stereocenters. The predicted octanol–water partition coefficient (Wildman–Crippen LogP) is 1.08. The Morgan fingerprint density at radius 3 is 2.76 bits per heavy atom. The second kappa shape index (κ2) is 7.64. The lowest BCUT2D eigenvalue weighted by molar-refractivity contribution is -0.135. The van der Waals surface area contributed by atoms with E-state index in [0.29, 0.717) is 28.4 Å². The summed E-state index contributed by atoms with van der Waals surface area (Å²) in [5.74, 6) is 0.296. The Balaban J connectivity index is 1.57. The molecule has 5 N–H and O–H groups in total. The van der Waals surface area contributed by atoms with Crippen LogP contribution in [0.4, 0.5) is 0 Å². The molecule has 3 aliphatic rings. The SMILES string of the molecule is COC(=O)C1=CCC2NC(=C3NC(c4ccc(S(=O)O)cc4)C=NC3=N)NC2=C1. The van der Waals surface area contributed by atoms with Crippen LogP contribution in [0, 0.1) is 5.41 Å². The van der Waals surface area contributed by atoms with E-state index in [4.69, 9.17) is 14.7 Å². The average Bonchev–Trinajstić information content (AvgIpc) is 3.16. The van der Waals surface area contributed by atoms with Crippen LogP contribution in [0.1, 0.15) is 18.0 Å². The van der Waals surface area contributed by atoms with E-state index >= 15 is 0 Å². The lowest BCUT2D eigenvalue weighted by atomic mass is 10.0. The number of hydrogen-bond donors (Lipinski definition) is 5. The van der Waals surface area contributed by atoms with Gasteiger partial charge in [0, 0.05) is 11.9 Å². The second-order valence-corrected chi connectivity index (χ2v) is 7.60. The van der Waals surface area contributed by atoms with Gasteiger partial charge in [0.25, 0.3) is 0 Å². The first-order valence-electron chi connectivity index (χ1n) is 8.84. The van der Waals surface area contributed by atoms with Crippen LogP contribution in [0.25, 0.3) is 0 Å². The fraction of sp³-hybridized carbons (Fsp3) is 0.211. The molecule has 1 aliphatic carbocycles. The summed E-state index contributed by atoms with van der Waals surface area (Å²) in [4.78, 5) is 16.3. The van der Waals surface area contributed by atoms with Crippen molar-refractivity contribution in [2.45, 2.75) is 23.4 Å². The zero-order valence-electron chi connectivity index (χ0n) is 15.4. The Labute approximate surface area is 169 Å². The monoisotopic (exact) mass is 413 g/mol. The molecule has 0 saturated carbocycles. The number of methoxy groups -OCH3 is 1. The van der Waals surface area contributed by atoms with Crippen molar-refractivity contribution in [1.29, 1.82) is 5.41 Å². The molecule has 9 nitrogen and oxygen atoms in total. The molecule has 0 spiro atoms. The van der Waals surface area contributed by atoms with Crippen molar-refractivity contribution in [3.63, 3.8) is 0 Å². The largest absolute Gasteiger partial charge is 0.465 e. The zero-order valence-corrected chi connectivity index (χ0v) is 16.2. The van der Waals surface area contributed by atoms with Crippen molar-refractivity contribution < 1.29 is 18.3 Å². The molecule has 150 valence electrons. The Morgan fingerprint density at radius 1 is 1.31 bits per heavy atom. The lowest BCUT2D eigenvalue weighted by Gasteiger charge is -2.23. The van der Waals surface area contributed by atoms with Gasteiger partial charge in [-0.05, 0) is 30.2 Å². The molecular weight excluding hydrogens is 394 g/mol. The zero-order chi connectivity index (χ0) is 20.5. The van der Waals surface area contributed by atoms with Crippen molar-refractivity contribution in [3.05, 3.63) is 64.8 Å². The van der Waals surface area contributed by atoms with E-state index in [1.807, 2.05) is 6.08 Å². The normalized spacial score (nSPS) is 26.3. The molecule has 0 radical (unpaired) electrons. The number of amidine groups is 1. The first-order chi connectivity index (χ1) is 14.0. The van der Waals surface area contributed by atoms with Crippen LogP contribution in [0.5, 0.6) is 0 Å². The van der Waals surface area contributed by atoms with E-state index in [0.717, 1.165) is 11.3 Å².